The molecule has 1 aliphatic rings. The first-order chi connectivity index (χ1) is 8.20. The summed E-state index contributed by atoms with van der Waals surface area (Å²) in [6.07, 6.45) is 1.58. The Bertz CT molecular complexity index is 367. The Balaban J connectivity index is 2.06. The lowest BCUT2D eigenvalue weighted by Crippen LogP contribution is -2.39. The van der Waals surface area contributed by atoms with Gasteiger partial charge in [-0.25, -0.2) is 0 Å². The molecule has 1 aromatic rings. The van der Waals surface area contributed by atoms with Crippen molar-refractivity contribution in [3.05, 3.63) is 35.4 Å². The van der Waals surface area contributed by atoms with Crippen LogP contribution >= 0.6 is 0 Å². The number of hydrogen-bond donors (Lipinski definition) is 2. The highest BCUT2D eigenvalue weighted by atomic mass is 16.3. The van der Waals surface area contributed by atoms with Crippen LogP contribution in [-0.2, 0) is 0 Å². The van der Waals surface area contributed by atoms with Gasteiger partial charge in [0.25, 0.3) is 0 Å². The minimum Gasteiger partial charge on any atom is -0.396 e. The topological polar surface area (TPSA) is 43.7 Å². The van der Waals surface area contributed by atoms with Crippen molar-refractivity contribution in [1.82, 2.24) is 4.90 Å². The minimum atomic E-state index is -0.538. The van der Waals surface area contributed by atoms with Gasteiger partial charge in [-0.3, -0.25) is 4.90 Å². The largest absolute Gasteiger partial charge is 0.396 e. The summed E-state index contributed by atoms with van der Waals surface area (Å²) in [5, 5.41) is 19.5. The molecule has 2 unspecified atom stereocenters. The van der Waals surface area contributed by atoms with Crippen LogP contribution in [0.2, 0.25) is 0 Å². The van der Waals surface area contributed by atoms with E-state index in [0.717, 1.165) is 37.1 Å². The molecule has 0 amide bonds. The summed E-state index contributed by atoms with van der Waals surface area (Å²) >= 11 is 0. The highest BCUT2D eigenvalue weighted by Crippen LogP contribution is 2.25. The number of piperidine rings is 1. The summed E-state index contributed by atoms with van der Waals surface area (Å²) in [6.45, 7) is 3.94. The van der Waals surface area contributed by atoms with E-state index in [1.54, 1.807) is 0 Å². The van der Waals surface area contributed by atoms with E-state index in [9.17, 15) is 10.2 Å². The Kier molecular flexibility index (Phi) is 4.15. The Morgan fingerprint density at radius 1 is 1.47 bits per heavy atom. The van der Waals surface area contributed by atoms with Crippen molar-refractivity contribution >= 4 is 0 Å². The fourth-order valence-electron chi connectivity index (χ4n) is 2.51. The third-order valence-electron chi connectivity index (χ3n) is 3.49. The van der Waals surface area contributed by atoms with Crippen LogP contribution in [-0.4, -0.2) is 34.8 Å². The molecule has 1 heterocycles. The maximum atomic E-state index is 10.3. The summed E-state index contributed by atoms with van der Waals surface area (Å²) < 4.78 is 0. The second kappa shape index (κ2) is 5.63. The van der Waals surface area contributed by atoms with Crippen LogP contribution in [0.5, 0.6) is 0 Å². The summed E-state index contributed by atoms with van der Waals surface area (Å²) in [7, 11) is 0. The zero-order chi connectivity index (χ0) is 12.3. The Labute approximate surface area is 103 Å². The van der Waals surface area contributed by atoms with Gasteiger partial charge in [-0.1, -0.05) is 29.8 Å². The van der Waals surface area contributed by atoms with Crippen LogP contribution in [0.4, 0.5) is 0 Å². The second-order valence-electron chi connectivity index (χ2n) is 4.97. The molecule has 0 aliphatic carbocycles. The second-order valence-corrected chi connectivity index (χ2v) is 4.97. The number of aryl methyl sites for hydroxylation is 1. The van der Waals surface area contributed by atoms with E-state index in [0.29, 0.717) is 5.92 Å². The van der Waals surface area contributed by atoms with Crippen LogP contribution in [0.3, 0.4) is 0 Å². The van der Waals surface area contributed by atoms with E-state index in [-0.39, 0.29) is 6.61 Å². The molecule has 2 N–H and O–H groups in total. The predicted octanol–water partition coefficient (Wildman–Crippen LogP) is 1.69. The summed E-state index contributed by atoms with van der Waals surface area (Å²) in [6, 6.07) is 7.98. The zero-order valence-electron chi connectivity index (χ0n) is 10.3. The molecule has 1 aromatic carbocycles. The summed E-state index contributed by atoms with van der Waals surface area (Å²) in [4.78, 5) is 2.05. The van der Waals surface area contributed by atoms with Gasteiger partial charge >= 0.3 is 0 Å². The number of aliphatic hydroxyl groups excluding tert-OH is 2. The van der Waals surface area contributed by atoms with Crippen molar-refractivity contribution in [3.8, 4) is 0 Å². The van der Waals surface area contributed by atoms with E-state index >= 15 is 0 Å². The molecule has 0 spiro atoms. The Hall–Kier alpha value is -0.900. The molecular weight excluding hydrogens is 214 g/mol. The highest BCUT2D eigenvalue weighted by molar-refractivity contribution is 5.23. The lowest BCUT2D eigenvalue weighted by molar-refractivity contribution is -0.0309. The quantitative estimate of drug-likeness (QED) is 0.838. The molecule has 1 fully saturated rings. The number of benzene rings is 1. The van der Waals surface area contributed by atoms with Gasteiger partial charge in [0, 0.05) is 19.7 Å². The van der Waals surface area contributed by atoms with Gasteiger partial charge in [0.15, 0.2) is 0 Å². The number of hydrogen-bond acceptors (Lipinski definition) is 3. The lowest BCUT2D eigenvalue weighted by Gasteiger charge is -2.35. The molecule has 0 saturated carbocycles. The first kappa shape index (κ1) is 12.6. The third-order valence-corrected chi connectivity index (χ3v) is 3.49. The first-order valence-corrected chi connectivity index (χ1v) is 6.30. The standard InChI is InChI=1S/C14H21NO2/c1-11-4-2-6-13(8-11)14(17)15-7-3-5-12(9-15)10-16/h2,4,6,8,12,14,16-17H,3,5,7,9-10H2,1H3. The van der Waals surface area contributed by atoms with Gasteiger partial charge in [0.2, 0.25) is 0 Å². The van der Waals surface area contributed by atoms with E-state index in [2.05, 4.69) is 4.90 Å². The van der Waals surface area contributed by atoms with E-state index in [4.69, 9.17) is 0 Å². The maximum absolute atomic E-state index is 10.3. The van der Waals surface area contributed by atoms with Gasteiger partial charge in [-0.2, -0.15) is 0 Å². The van der Waals surface area contributed by atoms with Crippen LogP contribution in [0.1, 0.15) is 30.2 Å². The highest BCUT2D eigenvalue weighted by Gasteiger charge is 2.24. The van der Waals surface area contributed by atoms with Gasteiger partial charge in [0.1, 0.15) is 6.23 Å². The molecule has 0 radical (unpaired) electrons. The molecule has 0 bridgehead atoms. The Morgan fingerprint density at radius 2 is 2.29 bits per heavy atom. The van der Waals surface area contributed by atoms with Gasteiger partial charge < -0.3 is 10.2 Å². The van der Waals surface area contributed by atoms with Crippen molar-refractivity contribution in [1.29, 1.82) is 0 Å². The van der Waals surface area contributed by atoms with Gasteiger partial charge in [-0.05, 0) is 31.2 Å². The first-order valence-electron chi connectivity index (χ1n) is 6.30. The van der Waals surface area contributed by atoms with E-state index in [1.165, 1.54) is 0 Å². The molecule has 3 nitrogen and oxygen atoms in total. The molecule has 17 heavy (non-hydrogen) atoms. The minimum absolute atomic E-state index is 0.219. The average molecular weight is 235 g/mol. The number of likely N-dealkylation sites (tertiary alicyclic amines) is 1. The molecule has 3 heteroatoms. The van der Waals surface area contributed by atoms with Crippen molar-refractivity contribution in [3.63, 3.8) is 0 Å². The molecule has 1 aliphatic heterocycles. The SMILES string of the molecule is Cc1cccc(C(O)N2CCCC(CO)C2)c1. The zero-order valence-corrected chi connectivity index (χ0v) is 10.3. The number of nitrogens with zero attached hydrogens (tertiary/aromatic N) is 1. The Morgan fingerprint density at radius 3 is 3.00 bits per heavy atom. The summed E-state index contributed by atoms with van der Waals surface area (Å²) in [5.41, 5.74) is 2.11. The van der Waals surface area contributed by atoms with Gasteiger partial charge in [0.05, 0.1) is 0 Å². The fraction of sp³-hybridized carbons (Fsp3) is 0.571. The average Bonchev–Trinajstić information content (AvgIpc) is 2.38. The molecule has 94 valence electrons. The molecular formula is C14H21NO2. The van der Waals surface area contributed by atoms with E-state index in [1.807, 2.05) is 31.2 Å². The van der Waals surface area contributed by atoms with Crippen LogP contribution in [0.15, 0.2) is 24.3 Å². The van der Waals surface area contributed by atoms with Gasteiger partial charge in [-0.15, -0.1) is 0 Å². The van der Waals surface area contributed by atoms with Crippen LogP contribution in [0.25, 0.3) is 0 Å². The van der Waals surface area contributed by atoms with Crippen molar-refractivity contribution in [2.24, 2.45) is 5.92 Å². The molecule has 1 saturated heterocycles. The van der Waals surface area contributed by atoms with E-state index < -0.39 is 6.23 Å². The monoisotopic (exact) mass is 235 g/mol. The summed E-state index contributed by atoms with van der Waals surface area (Å²) in [5.74, 6) is 0.309. The normalized spacial score (nSPS) is 23.6. The number of aliphatic hydroxyl groups is 2. The lowest BCUT2D eigenvalue weighted by atomic mass is 9.98. The van der Waals surface area contributed by atoms with Crippen molar-refractivity contribution in [2.75, 3.05) is 19.7 Å². The number of rotatable bonds is 3. The van der Waals surface area contributed by atoms with Crippen LogP contribution < -0.4 is 0 Å². The predicted molar refractivity (Wildman–Crippen MR) is 67.5 cm³/mol. The molecule has 2 atom stereocenters. The molecule has 0 aromatic heterocycles. The smallest absolute Gasteiger partial charge is 0.133 e. The maximum Gasteiger partial charge on any atom is 0.133 e. The van der Waals surface area contributed by atoms with Crippen molar-refractivity contribution in [2.45, 2.75) is 26.0 Å². The molecule has 2 rings (SSSR count). The fourth-order valence-corrected chi connectivity index (χ4v) is 2.51. The third kappa shape index (κ3) is 3.06. The van der Waals surface area contributed by atoms with Crippen LogP contribution in [0, 0.1) is 12.8 Å². The van der Waals surface area contributed by atoms with Crippen molar-refractivity contribution < 1.29 is 10.2 Å².